The summed E-state index contributed by atoms with van der Waals surface area (Å²) in [6.07, 6.45) is 3.41. The summed E-state index contributed by atoms with van der Waals surface area (Å²) in [5.41, 5.74) is 0.406. The van der Waals surface area contributed by atoms with Gasteiger partial charge in [0, 0.05) is 12.2 Å². The molecule has 1 aromatic rings. The number of carbonyl (C=O) groups excluding carboxylic acids is 1. The molecule has 0 aliphatic rings. The fraction of sp³-hybridized carbons (Fsp3) is 0.300. The van der Waals surface area contributed by atoms with Crippen LogP contribution in [0, 0.1) is 0 Å². The van der Waals surface area contributed by atoms with E-state index in [1.807, 2.05) is 0 Å². The van der Waals surface area contributed by atoms with Crippen LogP contribution in [-0.4, -0.2) is 28.6 Å². The Balaban J connectivity index is 2.58. The first-order valence-corrected chi connectivity index (χ1v) is 4.63. The van der Waals surface area contributed by atoms with Crippen LogP contribution in [0.4, 0.5) is 0 Å². The molecule has 0 saturated heterocycles. The van der Waals surface area contributed by atoms with Gasteiger partial charge in [0.05, 0.1) is 18.7 Å². The number of ether oxygens (including phenoxy) is 1. The van der Waals surface area contributed by atoms with Crippen LogP contribution < -0.4 is 0 Å². The van der Waals surface area contributed by atoms with Crippen LogP contribution in [0.1, 0.15) is 18.5 Å². The second-order valence-electron chi connectivity index (χ2n) is 2.83. The van der Waals surface area contributed by atoms with Crippen LogP contribution in [0.15, 0.2) is 16.8 Å². The summed E-state index contributed by atoms with van der Waals surface area (Å²) in [5, 5.41) is 8.37. The number of aliphatic carboxylic acids is 1. The van der Waals surface area contributed by atoms with E-state index in [-0.39, 0.29) is 12.3 Å². The van der Waals surface area contributed by atoms with E-state index in [1.165, 1.54) is 12.3 Å². The Morgan fingerprint density at radius 1 is 1.62 bits per heavy atom. The Bertz CT molecular complexity index is 407. The molecule has 16 heavy (non-hydrogen) atoms. The monoisotopic (exact) mass is 225 g/mol. The lowest BCUT2D eigenvalue weighted by molar-refractivity contribution is -0.142. The third-order valence-electron chi connectivity index (χ3n) is 1.57. The van der Waals surface area contributed by atoms with E-state index >= 15 is 0 Å². The Kier molecular flexibility index (Phi) is 4.26. The molecule has 0 bridgehead atoms. The SMILES string of the molecule is CCOC(=O)Cc1coc(/C=C/C(=O)O)n1. The van der Waals surface area contributed by atoms with E-state index in [4.69, 9.17) is 14.3 Å². The van der Waals surface area contributed by atoms with E-state index < -0.39 is 11.9 Å². The molecular weight excluding hydrogens is 214 g/mol. The zero-order valence-electron chi connectivity index (χ0n) is 8.67. The van der Waals surface area contributed by atoms with E-state index in [1.54, 1.807) is 6.92 Å². The maximum Gasteiger partial charge on any atom is 0.328 e. The molecule has 1 N–H and O–H groups in total. The van der Waals surface area contributed by atoms with Gasteiger partial charge in [0.15, 0.2) is 0 Å². The molecule has 6 nitrogen and oxygen atoms in total. The summed E-state index contributed by atoms with van der Waals surface area (Å²) in [7, 11) is 0. The normalized spacial score (nSPS) is 10.6. The van der Waals surface area contributed by atoms with Crippen LogP contribution in [0.5, 0.6) is 0 Å². The van der Waals surface area contributed by atoms with Gasteiger partial charge < -0.3 is 14.3 Å². The first-order chi connectivity index (χ1) is 7.61. The molecule has 1 aromatic heterocycles. The smallest absolute Gasteiger partial charge is 0.328 e. The first-order valence-electron chi connectivity index (χ1n) is 4.63. The lowest BCUT2D eigenvalue weighted by atomic mass is 10.3. The Morgan fingerprint density at radius 3 is 3.00 bits per heavy atom. The second-order valence-corrected chi connectivity index (χ2v) is 2.83. The van der Waals surface area contributed by atoms with Crippen molar-refractivity contribution in [1.29, 1.82) is 0 Å². The number of carboxylic acid groups (broad SMARTS) is 1. The fourth-order valence-corrected chi connectivity index (χ4v) is 0.983. The molecule has 0 spiro atoms. The molecule has 0 aromatic carbocycles. The third-order valence-corrected chi connectivity index (χ3v) is 1.57. The molecule has 0 aliphatic heterocycles. The van der Waals surface area contributed by atoms with Crippen molar-refractivity contribution in [3.8, 4) is 0 Å². The summed E-state index contributed by atoms with van der Waals surface area (Å²) in [6, 6.07) is 0. The van der Waals surface area contributed by atoms with Gasteiger partial charge >= 0.3 is 11.9 Å². The predicted octanol–water partition coefficient (Wildman–Crippen LogP) is 0.878. The standard InChI is InChI=1S/C10H11NO5/c1-2-15-10(14)5-7-6-16-8(11-7)3-4-9(12)13/h3-4,6H,2,5H2,1H3,(H,12,13)/b4-3+. The molecular formula is C10H11NO5. The van der Waals surface area contributed by atoms with Crippen LogP contribution >= 0.6 is 0 Å². The molecule has 86 valence electrons. The molecule has 6 heteroatoms. The number of hydrogen-bond donors (Lipinski definition) is 1. The van der Waals surface area contributed by atoms with Crippen molar-refractivity contribution in [2.45, 2.75) is 13.3 Å². The Labute approximate surface area is 91.5 Å². The van der Waals surface area contributed by atoms with Crippen LogP contribution in [-0.2, 0) is 20.7 Å². The highest BCUT2D eigenvalue weighted by Crippen LogP contribution is 2.05. The van der Waals surface area contributed by atoms with Gasteiger partial charge in [-0.25, -0.2) is 9.78 Å². The predicted molar refractivity (Wildman–Crippen MR) is 53.5 cm³/mol. The lowest BCUT2D eigenvalue weighted by Crippen LogP contribution is -2.07. The summed E-state index contributed by atoms with van der Waals surface area (Å²) in [6.45, 7) is 2.02. The minimum absolute atomic E-state index is 0.0122. The third kappa shape index (κ3) is 3.95. The summed E-state index contributed by atoms with van der Waals surface area (Å²) in [5.74, 6) is -1.35. The number of carboxylic acids is 1. The Hall–Kier alpha value is -2.11. The van der Waals surface area contributed by atoms with Gasteiger partial charge in [0.2, 0.25) is 5.89 Å². The van der Waals surface area contributed by atoms with Crippen molar-refractivity contribution < 1.29 is 23.8 Å². The second kappa shape index (κ2) is 5.69. The first kappa shape index (κ1) is 12.0. The number of hydrogen-bond acceptors (Lipinski definition) is 5. The number of carbonyl (C=O) groups is 2. The maximum absolute atomic E-state index is 11.1. The molecule has 0 aliphatic carbocycles. The molecule has 0 fully saturated rings. The number of aromatic nitrogens is 1. The largest absolute Gasteiger partial charge is 0.478 e. The molecule has 1 rings (SSSR count). The minimum Gasteiger partial charge on any atom is -0.478 e. The van der Waals surface area contributed by atoms with Crippen molar-refractivity contribution in [1.82, 2.24) is 4.98 Å². The summed E-state index contributed by atoms with van der Waals surface area (Å²) in [4.78, 5) is 25.2. The van der Waals surface area contributed by atoms with E-state index in [9.17, 15) is 9.59 Å². The number of nitrogens with zero attached hydrogens (tertiary/aromatic N) is 1. The molecule has 1 heterocycles. The van der Waals surface area contributed by atoms with E-state index in [2.05, 4.69) is 4.98 Å². The summed E-state index contributed by atoms with van der Waals surface area (Å²) < 4.78 is 9.65. The average molecular weight is 225 g/mol. The van der Waals surface area contributed by atoms with Crippen LogP contribution in [0.25, 0.3) is 6.08 Å². The van der Waals surface area contributed by atoms with Gasteiger partial charge in [0.1, 0.15) is 6.26 Å². The molecule has 0 amide bonds. The van der Waals surface area contributed by atoms with Crippen molar-refractivity contribution in [2.24, 2.45) is 0 Å². The minimum atomic E-state index is -1.09. The van der Waals surface area contributed by atoms with Gasteiger partial charge in [-0.2, -0.15) is 0 Å². The molecule has 0 unspecified atom stereocenters. The molecule has 0 radical (unpaired) electrons. The van der Waals surface area contributed by atoms with Gasteiger partial charge in [-0.05, 0) is 6.92 Å². The summed E-state index contributed by atoms with van der Waals surface area (Å²) >= 11 is 0. The van der Waals surface area contributed by atoms with E-state index in [0.717, 1.165) is 6.08 Å². The highest BCUT2D eigenvalue weighted by Gasteiger charge is 2.08. The van der Waals surface area contributed by atoms with Gasteiger partial charge in [-0.15, -0.1) is 0 Å². The quantitative estimate of drug-likeness (QED) is 0.591. The number of oxazole rings is 1. The average Bonchev–Trinajstić information content (AvgIpc) is 2.63. The highest BCUT2D eigenvalue weighted by atomic mass is 16.5. The van der Waals surface area contributed by atoms with Crippen molar-refractivity contribution >= 4 is 18.0 Å². The van der Waals surface area contributed by atoms with Crippen molar-refractivity contribution in [2.75, 3.05) is 6.61 Å². The van der Waals surface area contributed by atoms with Gasteiger partial charge in [-0.3, -0.25) is 4.79 Å². The van der Waals surface area contributed by atoms with Crippen LogP contribution in [0.2, 0.25) is 0 Å². The van der Waals surface area contributed by atoms with Crippen molar-refractivity contribution in [3.63, 3.8) is 0 Å². The van der Waals surface area contributed by atoms with Gasteiger partial charge in [-0.1, -0.05) is 0 Å². The lowest BCUT2D eigenvalue weighted by Gasteiger charge is -1.96. The highest BCUT2D eigenvalue weighted by molar-refractivity contribution is 5.84. The van der Waals surface area contributed by atoms with E-state index in [0.29, 0.717) is 12.3 Å². The van der Waals surface area contributed by atoms with Gasteiger partial charge in [0.25, 0.3) is 0 Å². The Morgan fingerprint density at radius 2 is 2.38 bits per heavy atom. The zero-order chi connectivity index (χ0) is 12.0. The molecule has 0 atom stereocenters. The number of esters is 1. The fourth-order valence-electron chi connectivity index (χ4n) is 0.983. The van der Waals surface area contributed by atoms with Crippen molar-refractivity contribution in [3.05, 3.63) is 23.9 Å². The maximum atomic E-state index is 11.1. The molecule has 0 saturated carbocycles. The number of rotatable bonds is 5. The zero-order valence-corrected chi connectivity index (χ0v) is 8.67. The topological polar surface area (TPSA) is 89.6 Å². The van der Waals surface area contributed by atoms with Crippen LogP contribution in [0.3, 0.4) is 0 Å².